The first kappa shape index (κ1) is 13.8. The fraction of sp³-hybridized carbons (Fsp3) is 0.545. The fourth-order valence-electron chi connectivity index (χ4n) is 0.887. The Morgan fingerprint density at radius 2 is 2.07 bits per heavy atom. The van der Waals surface area contributed by atoms with Crippen LogP contribution in [0.2, 0.25) is 0 Å². The van der Waals surface area contributed by atoms with Gasteiger partial charge in [-0.25, -0.2) is 8.78 Å². The molecule has 0 aromatic carbocycles. The Hall–Kier alpha value is -1.19. The largest absolute Gasteiger partial charge is 0.504 e. The summed E-state index contributed by atoms with van der Waals surface area (Å²) in [6, 6.07) is 0. The van der Waals surface area contributed by atoms with Crippen molar-refractivity contribution in [2.45, 2.75) is 39.5 Å². The molecule has 0 aromatic rings. The fourth-order valence-corrected chi connectivity index (χ4v) is 0.887. The van der Waals surface area contributed by atoms with Crippen LogP contribution >= 0.6 is 0 Å². The molecule has 0 aliphatic carbocycles. The standard InChI is InChI=1S/C11H16F2O2/c1-3-4-5-6-9(14)10(15)7-8(2)11(12)13/h6-7,11,14H,3-5H2,1-2H3/b8-7+,9-6+. The van der Waals surface area contributed by atoms with Crippen LogP contribution in [-0.2, 0) is 4.79 Å². The molecule has 0 saturated carbocycles. The van der Waals surface area contributed by atoms with Crippen molar-refractivity contribution >= 4 is 5.78 Å². The van der Waals surface area contributed by atoms with Crippen LogP contribution in [0.4, 0.5) is 8.78 Å². The number of ketones is 1. The molecule has 0 unspecified atom stereocenters. The minimum Gasteiger partial charge on any atom is -0.504 e. The van der Waals surface area contributed by atoms with Gasteiger partial charge in [-0.05, 0) is 37.5 Å². The molecule has 0 radical (unpaired) electrons. The first-order valence-electron chi connectivity index (χ1n) is 4.88. The maximum Gasteiger partial charge on any atom is 0.260 e. The van der Waals surface area contributed by atoms with Crippen molar-refractivity contribution in [3.8, 4) is 0 Å². The Labute approximate surface area is 88.3 Å². The summed E-state index contributed by atoms with van der Waals surface area (Å²) in [5, 5.41) is 9.20. The van der Waals surface area contributed by atoms with E-state index in [1.165, 1.54) is 6.08 Å². The summed E-state index contributed by atoms with van der Waals surface area (Å²) in [5.41, 5.74) is -0.338. The van der Waals surface area contributed by atoms with Crippen molar-refractivity contribution in [2.24, 2.45) is 0 Å². The Balaban J connectivity index is 4.32. The molecule has 0 heterocycles. The molecule has 0 amide bonds. The third kappa shape index (κ3) is 5.99. The quantitative estimate of drug-likeness (QED) is 0.421. The van der Waals surface area contributed by atoms with Gasteiger partial charge in [-0.2, -0.15) is 0 Å². The Morgan fingerprint density at radius 3 is 2.53 bits per heavy atom. The summed E-state index contributed by atoms with van der Waals surface area (Å²) in [7, 11) is 0. The van der Waals surface area contributed by atoms with Gasteiger partial charge in [-0.1, -0.05) is 13.3 Å². The highest BCUT2D eigenvalue weighted by Crippen LogP contribution is 2.09. The zero-order valence-corrected chi connectivity index (χ0v) is 8.96. The van der Waals surface area contributed by atoms with Crippen molar-refractivity contribution in [1.82, 2.24) is 0 Å². The molecule has 86 valence electrons. The van der Waals surface area contributed by atoms with Gasteiger partial charge >= 0.3 is 0 Å². The minimum absolute atomic E-state index is 0.338. The average molecular weight is 218 g/mol. The summed E-state index contributed by atoms with van der Waals surface area (Å²) < 4.78 is 24.1. The third-order valence-electron chi connectivity index (χ3n) is 1.85. The number of aliphatic hydroxyl groups is 1. The number of carbonyl (C=O) groups is 1. The number of allylic oxidation sites excluding steroid dienone is 3. The van der Waals surface area contributed by atoms with Gasteiger partial charge in [0, 0.05) is 0 Å². The predicted octanol–water partition coefficient (Wildman–Crippen LogP) is 3.40. The first-order valence-corrected chi connectivity index (χ1v) is 4.88. The molecule has 0 aliphatic heterocycles. The maximum absolute atomic E-state index is 12.0. The second-order valence-electron chi connectivity index (χ2n) is 3.28. The number of alkyl halides is 2. The van der Waals surface area contributed by atoms with Gasteiger partial charge in [0.25, 0.3) is 6.43 Å². The molecule has 4 heteroatoms. The topological polar surface area (TPSA) is 37.3 Å². The molecule has 0 saturated heterocycles. The lowest BCUT2D eigenvalue weighted by Crippen LogP contribution is -2.02. The van der Waals surface area contributed by atoms with Gasteiger partial charge in [-0.15, -0.1) is 0 Å². The van der Waals surface area contributed by atoms with Crippen LogP contribution < -0.4 is 0 Å². The normalized spacial score (nSPS) is 13.4. The number of rotatable bonds is 6. The summed E-state index contributed by atoms with van der Waals surface area (Å²) in [5.74, 6) is -1.22. The highest BCUT2D eigenvalue weighted by molar-refractivity contribution is 6.02. The van der Waals surface area contributed by atoms with E-state index < -0.39 is 18.0 Å². The van der Waals surface area contributed by atoms with Crippen LogP contribution in [0, 0.1) is 0 Å². The second kappa shape index (κ2) is 7.15. The van der Waals surface area contributed by atoms with Crippen molar-refractivity contribution < 1.29 is 18.7 Å². The minimum atomic E-state index is -2.66. The first-order chi connectivity index (χ1) is 6.99. The van der Waals surface area contributed by atoms with E-state index >= 15 is 0 Å². The van der Waals surface area contributed by atoms with Crippen LogP contribution in [-0.4, -0.2) is 17.3 Å². The molecule has 0 bridgehead atoms. The van der Waals surface area contributed by atoms with Crippen molar-refractivity contribution in [3.05, 3.63) is 23.5 Å². The van der Waals surface area contributed by atoms with E-state index in [9.17, 15) is 18.7 Å². The molecule has 0 aliphatic rings. The van der Waals surface area contributed by atoms with Crippen molar-refractivity contribution in [1.29, 1.82) is 0 Å². The van der Waals surface area contributed by atoms with E-state index in [-0.39, 0.29) is 5.57 Å². The van der Waals surface area contributed by atoms with E-state index in [0.29, 0.717) is 6.42 Å². The van der Waals surface area contributed by atoms with Crippen LogP contribution in [0.25, 0.3) is 0 Å². The number of hydrogen-bond acceptors (Lipinski definition) is 2. The number of unbranched alkanes of at least 4 members (excludes halogenated alkanes) is 2. The maximum atomic E-state index is 12.0. The van der Waals surface area contributed by atoms with Gasteiger partial charge in [-0.3, -0.25) is 4.79 Å². The summed E-state index contributed by atoms with van der Waals surface area (Å²) in [6.07, 6.45) is 1.86. The summed E-state index contributed by atoms with van der Waals surface area (Å²) in [6.45, 7) is 3.13. The second-order valence-corrected chi connectivity index (χ2v) is 3.28. The lowest BCUT2D eigenvalue weighted by Gasteiger charge is -1.98. The Bertz CT molecular complexity index is 268. The van der Waals surface area contributed by atoms with E-state index in [1.54, 1.807) is 0 Å². The van der Waals surface area contributed by atoms with Crippen LogP contribution in [0.15, 0.2) is 23.5 Å². The van der Waals surface area contributed by atoms with Gasteiger partial charge < -0.3 is 5.11 Å². The van der Waals surface area contributed by atoms with Crippen LogP contribution in [0.1, 0.15) is 33.1 Å². The summed E-state index contributed by atoms with van der Waals surface area (Å²) >= 11 is 0. The monoisotopic (exact) mass is 218 g/mol. The van der Waals surface area contributed by atoms with E-state index in [2.05, 4.69) is 0 Å². The van der Waals surface area contributed by atoms with Gasteiger partial charge in [0.2, 0.25) is 5.78 Å². The zero-order chi connectivity index (χ0) is 11.8. The Kier molecular flexibility index (Phi) is 6.58. The molecule has 0 spiro atoms. The molecule has 2 nitrogen and oxygen atoms in total. The molecule has 15 heavy (non-hydrogen) atoms. The highest BCUT2D eigenvalue weighted by Gasteiger charge is 2.09. The molecule has 0 fully saturated rings. The number of aliphatic hydroxyl groups excluding tert-OH is 1. The molecule has 0 atom stereocenters. The lowest BCUT2D eigenvalue weighted by atomic mass is 10.1. The van der Waals surface area contributed by atoms with Crippen molar-refractivity contribution in [3.63, 3.8) is 0 Å². The van der Waals surface area contributed by atoms with Gasteiger partial charge in [0.05, 0.1) is 0 Å². The Morgan fingerprint density at radius 1 is 1.47 bits per heavy atom. The number of halogens is 2. The van der Waals surface area contributed by atoms with E-state index in [0.717, 1.165) is 25.8 Å². The smallest absolute Gasteiger partial charge is 0.260 e. The van der Waals surface area contributed by atoms with E-state index in [4.69, 9.17) is 0 Å². The average Bonchev–Trinajstić information content (AvgIpc) is 2.17. The molecular formula is C11H16F2O2. The zero-order valence-electron chi connectivity index (χ0n) is 8.96. The molecule has 0 aromatic heterocycles. The van der Waals surface area contributed by atoms with Crippen molar-refractivity contribution in [2.75, 3.05) is 0 Å². The number of carbonyl (C=O) groups excluding carboxylic acids is 1. The van der Waals surface area contributed by atoms with Gasteiger partial charge in [0.15, 0.2) is 5.76 Å². The summed E-state index contributed by atoms with van der Waals surface area (Å²) in [4.78, 5) is 11.1. The molecule has 1 N–H and O–H groups in total. The number of hydrogen-bond donors (Lipinski definition) is 1. The highest BCUT2D eigenvalue weighted by atomic mass is 19.3. The van der Waals surface area contributed by atoms with Crippen LogP contribution in [0.3, 0.4) is 0 Å². The molecular weight excluding hydrogens is 202 g/mol. The third-order valence-corrected chi connectivity index (χ3v) is 1.85. The van der Waals surface area contributed by atoms with E-state index in [1.807, 2.05) is 6.92 Å². The molecule has 0 rings (SSSR count). The SMILES string of the molecule is CCCC/C=C(/O)C(=O)/C=C(\C)C(F)F. The van der Waals surface area contributed by atoms with Crippen LogP contribution in [0.5, 0.6) is 0 Å². The van der Waals surface area contributed by atoms with Gasteiger partial charge in [0.1, 0.15) is 0 Å². The lowest BCUT2D eigenvalue weighted by molar-refractivity contribution is -0.113. The predicted molar refractivity (Wildman–Crippen MR) is 55.0 cm³/mol.